The van der Waals surface area contributed by atoms with Crippen molar-refractivity contribution in [2.75, 3.05) is 27.2 Å². The summed E-state index contributed by atoms with van der Waals surface area (Å²) in [6, 6.07) is 0. The Morgan fingerprint density at radius 1 is 1.12 bits per heavy atom. The van der Waals surface area contributed by atoms with Gasteiger partial charge < -0.3 is 0 Å². The van der Waals surface area contributed by atoms with E-state index in [2.05, 4.69) is 0 Å². The number of hydrogen-bond donors (Lipinski definition) is 1. The van der Waals surface area contributed by atoms with Crippen molar-refractivity contribution in [2.45, 2.75) is 0 Å². The van der Waals surface area contributed by atoms with Crippen LogP contribution in [0.2, 0.25) is 0 Å². The van der Waals surface area contributed by atoms with Crippen molar-refractivity contribution in [1.29, 1.82) is 0 Å². The van der Waals surface area contributed by atoms with Gasteiger partial charge >= 0.3 is 0 Å². The first kappa shape index (κ1) is 5.97. The molecule has 4 nitrogen and oxygen atoms in total. The maximum Gasteiger partial charge on any atom is 0.0300 e. The van der Waals surface area contributed by atoms with E-state index < -0.39 is 0 Å². The van der Waals surface area contributed by atoms with Crippen molar-refractivity contribution in [1.82, 2.24) is 15.2 Å². The second kappa shape index (κ2) is 1.99. The molecule has 1 aliphatic rings. The summed E-state index contributed by atoms with van der Waals surface area (Å²) in [7, 11) is 3.92. The van der Waals surface area contributed by atoms with Gasteiger partial charge in [-0.15, -0.1) is 5.23 Å². The van der Waals surface area contributed by atoms with Crippen LogP contribution in [-0.4, -0.2) is 42.4 Å². The Hall–Kier alpha value is -0.160. The highest BCUT2D eigenvalue weighted by atomic mass is 16.0. The number of nitrogens with zero attached hydrogens (tertiary/aromatic N) is 3. The molecule has 1 fully saturated rings. The fraction of sp³-hybridized carbons (Fsp3) is 1.00. The number of nitrogens with two attached hydrogens (primary N) is 1. The van der Waals surface area contributed by atoms with Crippen molar-refractivity contribution in [2.24, 2.45) is 5.84 Å². The molecule has 48 valence electrons. The molecule has 0 bridgehead atoms. The minimum absolute atomic E-state index is 1.02. The van der Waals surface area contributed by atoms with Crippen molar-refractivity contribution >= 4 is 0 Å². The zero-order valence-electron chi connectivity index (χ0n) is 5.33. The fourth-order valence-corrected chi connectivity index (χ4v) is 0.755. The first-order valence-electron chi connectivity index (χ1n) is 2.69. The molecule has 0 radical (unpaired) electrons. The Kier molecular flexibility index (Phi) is 1.48. The van der Waals surface area contributed by atoms with E-state index in [1.54, 1.807) is 5.23 Å². The topological polar surface area (TPSA) is 35.7 Å². The summed E-state index contributed by atoms with van der Waals surface area (Å²) >= 11 is 0. The van der Waals surface area contributed by atoms with E-state index >= 15 is 0 Å². The number of hydrazine groups is 3. The Morgan fingerprint density at radius 3 is 1.62 bits per heavy atom. The monoisotopic (exact) mass is 116 g/mol. The molecule has 0 aromatic carbocycles. The van der Waals surface area contributed by atoms with Gasteiger partial charge in [0.05, 0.1) is 0 Å². The van der Waals surface area contributed by atoms with Crippen molar-refractivity contribution in [3.05, 3.63) is 0 Å². The van der Waals surface area contributed by atoms with Gasteiger partial charge in [-0.25, -0.2) is 15.9 Å². The summed E-state index contributed by atoms with van der Waals surface area (Å²) in [6.45, 7) is 2.04. The third-order valence-corrected chi connectivity index (χ3v) is 1.45. The summed E-state index contributed by atoms with van der Waals surface area (Å²) in [5.41, 5.74) is 0. The first-order valence-corrected chi connectivity index (χ1v) is 2.69. The van der Waals surface area contributed by atoms with Crippen LogP contribution in [0.5, 0.6) is 0 Å². The normalized spacial score (nSPS) is 27.4. The predicted molar refractivity (Wildman–Crippen MR) is 31.3 cm³/mol. The average molecular weight is 116 g/mol. The molecule has 0 aromatic rings. The van der Waals surface area contributed by atoms with Crippen molar-refractivity contribution in [3.63, 3.8) is 0 Å². The van der Waals surface area contributed by atoms with Crippen LogP contribution in [-0.2, 0) is 0 Å². The SMILES string of the molecule is CN1CCN(C)N1N. The highest BCUT2D eigenvalue weighted by Crippen LogP contribution is 1.99. The molecular formula is C4H12N4. The molecule has 0 atom stereocenters. The van der Waals surface area contributed by atoms with Gasteiger partial charge in [0.2, 0.25) is 0 Å². The summed E-state index contributed by atoms with van der Waals surface area (Å²) < 4.78 is 0. The van der Waals surface area contributed by atoms with E-state index in [4.69, 9.17) is 5.84 Å². The lowest BCUT2D eigenvalue weighted by Crippen LogP contribution is -2.46. The molecule has 0 amide bonds. The smallest absolute Gasteiger partial charge is 0.0300 e. The zero-order valence-corrected chi connectivity index (χ0v) is 5.33. The Labute approximate surface area is 49.4 Å². The second-order valence-corrected chi connectivity index (χ2v) is 2.08. The molecule has 1 saturated heterocycles. The van der Waals surface area contributed by atoms with Gasteiger partial charge in [-0.05, 0) is 0 Å². The number of likely N-dealkylation sites (N-methyl/N-ethyl adjacent to an activating group) is 2. The molecule has 4 heteroatoms. The number of rotatable bonds is 0. The molecule has 2 N–H and O–H groups in total. The van der Waals surface area contributed by atoms with Crippen LogP contribution in [0.15, 0.2) is 0 Å². The third-order valence-electron chi connectivity index (χ3n) is 1.45. The van der Waals surface area contributed by atoms with E-state index in [1.807, 2.05) is 24.1 Å². The third kappa shape index (κ3) is 0.830. The zero-order chi connectivity index (χ0) is 6.15. The summed E-state index contributed by atoms with van der Waals surface area (Å²) in [5.74, 6) is 5.51. The van der Waals surface area contributed by atoms with Gasteiger partial charge in [0.15, 0.2) is 0 Å². The van der Waals surface area contributed by atoms with Gasteiger partial charge in [-0.3, -0.25) is 0 Å². The molecule has 0 spiro atoms. The van der Waals surface area contributed by atoms with Crippen LogP contribution >= 0.6 is 0 Å². The van der Waals surface area contributed by atoms with Gasteiger partial charge in [-0.2, -0.15) is 0 Å². The predicted octanol–water partition coefficient (Wildman–Crippen LogP) is -1.13. The van der Waals surface area contributed by atoms with Gasteiger partial charge in [-0.1, -0.05) is 0 Å². The first-order chi connectivity index (χ1) is 3.72. The second-order valence-electron chi connectivity index (χ2n) is 2.08. The maximum absolute atomic E-state index is 5.51. The molecular weight excluding hydrogens is 104 g/mol. The molecule has 8 heavy (non-hydrogen) atoms. The van der Waals surface area contributed by atoms with Crippen LogP contribution in [0.1, 0.15) is 0 Å². The minimum atomic E-state index is 1.02. The van der Waals surface area contributed by atoms with Crippen LogP contribution in [0.25, 0.3) is 0 Å². The van der Waals surface area contributed by atoms with E-state index in [0.717, 1.165) is 13.1 Å². The Balaban J connectivity index is 2.44. The van der Waals surface area contributed by atoms with Crippen molar-refractivity contribution in [3.8, 4) is 0 Å². The largest absolute Gasteiger partial charge is 0.240 e. The summed E-state index contributed by atoms with van der Waals surface area (Å²) in [4.78, 5) is 0. The average Bonchev–Trinajstić information content (AvgIpc) is 1.98. The lowest BCUT2D eigenvalue weighted by Gasteiger charge is -2.22. The van der Waals surface area contributed by atoms with E-state index in [1.165, 1.54) is 0 Å². The lowest BCUT2D eigenvalue weighted by atomic mass is 10.6. The molecule has 0 saturated carbocycles. The quantitative estimate of drug-likeness (QED) is 0.406. The molecule has 0 unspecified atom stereocenters. The van der Waals surface area contributed by atoms with Crippen LogP contribution in [0.3, 0.4) is 0 Å². The van der Waals surface area contributed by atoms with Crippen LogP contribution in [0, 0.1) is 0 Å². The summed E-state index contributed by atoms with van der Waals surface area (Å²) in [6.07, 6.45) is 0. The number of hydrogen-bond acceptors (Lipinski definition) is 4. The molecule has 1 heterocycles. The minimum Gasteiger partial charge on any atom is -0.240 e. The highest BCUT2D eigenvalue weighted by molar-refractivity contribution is 4.55. The molecule has 1 rings (SSSR count). The van der Waals surface area contributed by atoms with E-state index in [-0.39, 0.29) is 0 Å². The molecule has 0 aliphatic carbocycles. The lowest BCUT2D eigenvalue weighted by molar-refractivity contribution is -0.0947. The highest BCUT2D eigenvalue weighted by Gasteiger charge is 2.18. The molecule has 0 aromatic heterocycles. The van der Waals surface area contributed by atoms with Gasteiger partial charge in [0.25, 0.3) is 0 Å². The fourth-order valence-electron chi connectivity index (χ4n) is 0.755. The van der Waals surface area contributed by atoms with E-state index in [0.29, 0.717) is 0 Å². The maximum atomic E-state index is 5.51. The summed E-state index contributed by atoms with van der Waals surface area (Å²) in [5, 5.41) is 5.53. The van der Waals surface area contributed by atoms with Gasteiger partial charge in [0.1, 0.15) is 0 Å². The van der Waals surface area contributed by atoms with Crippen LogP contribution < -0.4 is 5.84 Å². The standard InChI is InChI=1S/C4H12N4/c1-6-3-4-7(2)8(6)5/h3-5H2,1-2H3. The van der Waals surface area contributed by atoms with E-state index in [9.17, 15) is 0 Å². The Morgan fingerprint density at radius 2 is 1.50 bits per heavy atom. The van der Waals surface area contributed by atoms with Gasteiger partial charge in [0, 0.05) is 27.2 Å². The van der Waals surface area contributed by atoms with Crippen molar-refractivity contribution < 1.29 is 0 Å². The molecule has 1 aliphatic heterocycles. The van der Waals surface area contributed by atoms with Crippen LogP contribution in [0.4, 0.5) is 0 Å². The Bertz CT molecular complexity index is 74.1.